The summed E-state index contributed by atoms with van der Waals surface area (Å²) in [5, 5.41) is 8.83. The highest BCUT2D eigenvalue weighted by Gasteiger charge is 2.24. The van der Waals surface area contributed by atoms with Crippen molar-refractivity contribution in [2.24, 2.45) is 0 Å². The van der Waals surface area contributed by atoms with Crippen molar-refractivity contribution in [2.45, 2.75) is 51.7 Å². The average molecular weight is 248 g/mol. The van der Waals surface area contributed by atoms with Gasteiger partial charge in [-0.1, -0.05) is 6.42 Å². The molecule has 4 heteroatoms. The quantitative estimate of drug-likeness (QED) is 0.893. The third-order valence-electron chi connectivity index (χ3n) is 3.79. The van der Waals surface area contributed by atoms with Crippen molar-refractivity contribution in [1.29, 1.82) is 0 Å². The minimum absolute atomic E-state index is 0.249. The summed E-state index contributed by atoms with van der Waals surface area (Å²) >= 11 is 0. The molecule has 1 aliphatic rings. The molecule has 0 aromatic carbocycles. The van der Waals surface area contributed by atoms with E-state index in [0.717, 1.165) is 12.2 Å². The van der Waals surface area contributed by atoms with Crippen LogP contribution in [-0.2, 0) is 6.54 Å². The maximum Gasteiger partial charge on any atom is 0.337 e. The Morgan fingerprint density at radius 1 is 1.39 bits per heavy atom. The number of hydrogen-bond donors (Lipinski definition) is 1. The molecule has 0 amide bonds. The molecule has 1 saturated heterocycles. The molecular formula is C14H20N2O2. The molecule has 1 aliphatic heterocycles. The average Bonchev–Trinajstić information content (AvgIpc) is 2.34. The molecule has 0 aliphatic carbocycles. The van der Waals surface area contributed by atoms with Gasteiger partial charge in [-0.15, -0.1) is 0 Å². The number of carbonyl (C=O) groups is 1. The molecule has 1 fully saturated rings. The van der Waals surface area contributed by atoms with Crippen molar-refractivity contribution >= 4 is 5.97 Å². The molecule has 0 bridgehead atoms. The Hall–Kier alpha value is -1.42. The Bertz CT molecular complexity index is 406. The van der Waals surface area contributed by atoms with Gasteiger partial charge in [0.15, 0.2) is 0 Å². The summed E-state index contributed by atoms with van der Waals surface area (Å²) < 4.78 is 0. The van der Waals surface area contributed by atoms with Crippen LogP contribution in [0.5, 0.6) is 0 Å². The topological polar surface area (TPSA) is 53.4 Å². The number of carboxylic acids is 1. The Morgan fingerprint density at radius 3 is 2.56 bits per heavy atom. The number of hydrogen-bond acceptors (Lipinski definition) is 3. The predicted octanol–water partition coefficient (Wildman–Crippen LogP) is 2.54. The van der Waals surface area contributed by atoms with Crippen molar-refractivity contribution in [2.75, 3.05) is 0 Å². The van der Waals surface area contributed by atoms with Gasteiger partial charge in [0.05, 0.1) is 11.3 Å². The Labute approximate surface area is 108 Å². The lowest BCUT2D eigenvalue weighted by molar-refractivity contribution is 0.0696. The highest BCUT2D eigenvalue weighted by Crippen LogP contribution is 2.24. The van der Waals surface area contributed by atoms with E-state index in [4.69, 9.17) is 5.11 Å². The van der Waals surface area contributed by atoms with Crippen LogP contribution in [0.2, 0.25) is 0 Å². The maximum absolute atomic E-state index is 10.8. The fourth-order valence-corrected chi connectivity index (χ4v) is 2.62. The maximum atomic E-state index is 10.8. The third kappa shape index (κ3) is 2.88. The minimum Gasteiger partial charge on any atom is -0.478 e. The first-order valence-corrected chi connectivity index (χ1v) is 6.52. The van der Waals surface area contributed by atoms with E-state index in [2.05, 4.69) is 23.7 Å². The smallest absolute Gasteiger partial charge is 0.337 e. The standard InChI is InChI=1S/C14H20N2O2/c1-10-4-3-5-11(2)16(10)9-13-7-6-12(8-15-13)14(17)18/h6-8,10-11H,3-5,9H2,1-2H3,(H,17,18). The SMILES string of the molecule is CC1CCCC(C)N1Cc1ccc(C(=O)O)cn1. The van der Waals surface area contributed by atoms with Crippen LogP contribution >= 0.6 is 0 Å². The Balaban J connectivity index is 2.06. The largest absolute Gasteiger partial charge is 0.478 e. The molecule has 18 heavy (non-hydrogen) atoms. The van der Waals surface area contributed by atoms with Gasteiger partial charge in [0.1, 0.15) is 0 Å². The van der Waals surface area contributed by atoms with Crippen molar-refractivity contribution in [3.63, 3.8) is 0 Å². The fraction of sp³-hybridized carbons (Fsp3) is 0.571. The number of pyridine rings is 1. The van der Waals surface area contributed by atoms with Crippen LogP contribution in [0.25, 0.3) is 0 Å². The second-order valence-electron chi connectivity index (χ2n) is 5.14. The van der Waals surface area contributed by atoms with Crippen molar-refractivity contribution in [3.8, 4) is 0 Å². The monoisotopic (exact) mass is 248 g/mol. The zero-order chi connectivity index (χ0) is 13.1. The molecule has 1 aromatic heterocycles. The van der Waals surface area contributed by atoms with E-state index in [1.54, 1.807) is 6.07 Å². The van der Waals surface area contributed by atoms with Gasteiger partial charge in [0.25, 0.3) is 0 Å². The van der Waals surface area contributed by atoms with E-state index in [1.807, 2.05) is 6.07 Å². The Kier molecular flexibility index (Phi) is 3.97. The summed E-state index contributed by atoms with van der Waals surface area (Å²) in [5.41, 5.74) is 1.19. The first-order valence-electron chi connectivity index (χ1n) is 6.52. The van der Waals surface area contributed by atoms with Gasteiger partial charge >= 0.3 is 5.97 Å². The van der Waals surface area contributed by atoms with Gasteiger partial charge in [0, 0.05) is 24.8 Å². The van der Waals surface area contributed by atoms with Crippen LogP contribution < -0.4 is 0 Å². The lowest BCUT2D eigenvalue weighted by Gasteiger charge is -2.38. The molecule has 98 valence electrons. The number of carboxylic acid groups (broad SMARTS) is 1. The van der Waals surface area contributed by atoms with Crippen LogP contribution in [-0.4, -0.2) is 33.0 Å². The number of piperidine rings is 1. The highest BCUT2D eigenvalue weighted by atomic mass is 16.4. The van der Waals surface area contributed by atoms with E-state index in [-0.39, 0.29) is 5.56 Å². The molecule has 1 aromatic rings. The normalized spacial score (nSPS) is 25.0. The third-order valence-corrected chi connectivity index (χ3v) is 3.79. The van der Waals surface area contributed by atoms with Crippen molar-refractivity contribution in [3.05, 3.63) is 29.6 Å². The van der Waals surface area contributed by atoms with Gasteiger partial charge in [-0.25, -0.2) is 4.79 Å². The highest BCUT2D eigenvalue weighted by molar-refractivity contribution is 5.87. The minimum atomic E-state index is -0.922. The molecule has 2 heterocycles. The summed E-state index contributed by atoms with van der Waals surface area (Å²) in [6.07, 6.45) is 5.20. The number of aromatic carboxylic acids is 1. The van der Waals surface area contributed by atoms with Gasteiger partial charge in [0.2, 0.25) is 0 Å². The first-order chi connectivity index (χ1) is 8.58. The van der Waals surface area contributed by atoms with Crippen LogP contribution in [0.4, 0.5) is 0 Å². The van der Waals surface area contributed by atoms with Crippen LogP contribution in [0, 0.1) is 0 Å². The summed E-state index contributed by atoms with van der Waals surface area (Å²) in [6.45, 7) is 5.31. The molecule has 0 radical (unpaired) electrons. The number of rotatable bonds is 3. The first kappa shape index (κ1) is 13.0. The van der Waals surface area contributed by atoms with E-state index in [9.17, 15) is 4.79 Å². The summed E-state index contributed by atoms with van der Waals surface area (Å²) in [5.74, 6) is -0.922. The van der Waals surface area contributed by atoms with Crippen molar-refractivity contribution < 1.29 is 9.90 Å². The number of nitrogens with zero attached hydrogens (tertiary/aromatic N) is 2. The second-order valence-corrected chi connectivity index (χ2v) is 5.14. The van der Waals surface area contributed by atoms with E-state index < -0.39 is 5.97 Å². The van der Waals surface area contributed by atoms with Gasteiger partial charge in [-0.2, -0.15) is 0 Å². The predicted molar refractivity (Wildman–Crippen MR) is 69.5 cm³/mol. The van der Waals surface area contributed by atoms with Gasteiger partial charge in [-0.3, -0.25) is 9.88 Å². The van der Waals surface area contributed by atoms with E-state index in [1.165, 1.54) is 25.5 Å². The zero-order valence-corrected chi connectivity index (χ0v) is 11.0. The fourth-order valence-electron chi connectivity index (χ4n) is 2.62. The molecule has 1 N–H and O–H groups in total. The van der Waals surface area contributed by atoms with Gasteiger partial charge in [-0.05, 0) is 38.8 Å². The molecule has 0 saturated carbocycles. The molecule has 2 unspecified atom stereocenters. The molecule has 2 rings (SSSR count). The number of aromatic nitrogens is 1. The lowest BCUT2D eigenvalue weighted by Crippen LogP contribution is -2.43. The number of likely N-dealkylation sites (tertiary alicyclic amines) is 1. The molecule has 0 spiro atoms. The summed E-state index contributed by atoms with van der Waals surface area (Å²) in [6, 6.07) is 4.60. The Morgan fingerprint density at radius 2 is 2.06 bits per heavy atom. The molecule has 2 atom stereocenters. The molecule has 4 nitrogen and oxygen atoms in total. The lowest BCUT2D eigenvalue weighted by atomic mass is 9.97. The van der Waals surface area contributed by atoms with Gasteiger partial charge < -0.3 is 5.11 Å². The zero-order valence-electron chi connectivity index (χ0n) is 11.0. The molecular weight excluding hydrogens is 228 g/mol. The second kappa shape index (κ2) is 5.48. The van der Waals surface area contributed by atoms with Crippen LogP contribution in [0.15, 0.2) is 18.3 Å². The van der Waals surface area contributed by atoms with E-state index in [0.29, 0.717) is 12.1 Å². The van der Waals surface area contributed by atoms with Crippen molar-refractivity contribution in [1.82, 2.24) is 9.88 Å². The summed E-state index contributed by atoms with van der Waals surface area (Å²) in [4.78, 5) is 17.4. The van der Waals surface area contributed by atoms with E-state index >= 15 is 0 Å². The summed E-state index contributed by atoms with van der Waals surface area (Å²) in [7, 11) is 0. The van der Waals surface area contributed by atoms with Crippen LogP contribution in [0.3, 0.4) is 0 Å². The van der Waals surface area contributed by atoms with Crippen LogP contribution in [0.1, 0.15) is 49.2 Å².